The van der Waals surface area contributed by atoms with Crippen LogP contribution in [0.1, 0.15) is 0 Å². The highest BCUT2D eigenvalue weighted by atomic mass is 35.5. The van der Waals surface area contributed by atoms with Crippen LogP contribution < -0.4 is 9.64 Å². The molecule has 1 amide bonds. The third kappa shape index (κ3) is 4.42. The highest BCUT2D eigenvalue weighted by Crippen LogP contribution is 2.24. The molecule has 0 N–H and O–H groups in total. The van der Waals surface area contributed by atoms with Crippen molar-refractivity contribution in [3.05, 3.63) is 70.9 Å². The average Bonchev–Trinajstić information content (AvgIpc) is 2.96. The number of hydrogen-bond donors (Lipinski definition) is 0. The molecule has 0 fully saturated rings. The van der Waals surface area contributed by atoms with E-state index in [2.05, 4.69) is 0 Å². The lowest BCUT2D eigenvalue weighted by atomic mass is 10.2. The summed E-state index contributed by atoms with van der Waals surface area (Å²) < 4.78 is 42.1. The van der Waals surface area contributed by atoms with Crippen LogP contribution in [0.25, 0.3) is 0 Å². The molecule has 1 aliphatic rings. The number of benzene rings is 2. The minimum absolute atomic E-state index is 0.225. The van der Waals surface area contributed by atoms with Crippen LogP contribution in [-0.4, -0.2) is 32.7 Å². The first-order chi connectivity index (χ1) is 12.3. The highest BCUT2D eigenvalue weighted by Gasteiger charge is 2.31. The van der Waals surface area contributed by atoms with Crippen molar-refractivity contribution in [3.8, 4) is 5.75 Å². The molecule has 26 heavy (non-hydrogen) atoms. The van der Waals surface area contributed by atoms with Gasteiger partial charge < -0.3 is 9.64 Å². The Morgan fingerprint density at radius 2 is 1.81 bits per heavy atom. The summed E-state index contributed by atoms with van der Waals surface area (Å²) in [5.74, 6) is -0.667. The number of amides is 1. The van der Waals surface area contributed by atoms with Crippen molar-refractivity contribution in [2.24, 2.45) is 0 Å². The van der Waals surface area contributed by atoms with Gasteiger partial charge in [0.05, 0.1) is 11.8 Å². The minimum Gasteiger partial charge on any atom is -0.484 e. The third-order valence-corrected chi connectivity index (χ3v) is 5.42. The Hall–Kier alpha value is -2.38. The van der Waals surface area contributed by atoms with E-state index in [1.807, 2.05) is 0 Å². The number of rotatable bonds is 5. The van der Waals surface area contributed by atoms with Crippen LogP contribution in [0.5, 0.6) is 5.75 Å². The van der Waals surface area contributed by atoms with Gasteiger partial charge in [-0.2, -0.15) is 0 Å². The van der Waals surface area contributed by atoms with Gasteiger partial charge in [0, 0.05) is 16.1 Å². The van der Waals surface area contributed by atoms with E-state index in [0.29, 0.717) is 16.5 Å². The molecule has 0 saturated carbocycles. The Balaban J connectivity index is 1.80. The molecule has 3 rings (SSSR count). The highest BCUT2D eigenvalue weighted by molar-refractivity contribution is 7.94. The van der Waals surface area contributed by atoms with Crippen LogP contribution in [0.15, 0.2) is 60.0 Å². The fraction of sp³-hybridized carbons (Fsp3) is 0.167. The van der Waals surface area contributed by atoms with E-state index in [-0.39, 0.29) is 12.4 Å². The summed E-state index contributed by atoms with van der Waals surface area (Å²) in [5, 5.41) is 1.62. The fourth-order valence-electron chi connectivity index (χ4n) is 2.59. The lowest BCUT2D eigenvalue weighted by Gasteiger charge is -2.27. The van der Waals surface area contributed by atoms with Gasteiger partial charge in [-0.1, -0.05) is 11.6 Å². The molecule has 1 heterocycles. The van der Waals surface area contributed by atoms with Gasteiger partial charge in [0.1, 0.15) is 11.6 Å². The van der Waals surface area contributed by atoms with Gasteiger partial charge in [-0.05, 0) is 54.6 Å². The molecule has 1 unspecified atom stereocenters. The first-order valence-electron chi connectivity index (χ1n) is 7.71. The quantitative estimate of drug-likeness (QED) is 0.779. The molecule has 2 aromatic rings. The Kier molecular flexibility index (Phi) is 5.29. The molecule has 136 valence electrons. The fourth-order valence-corrected chi connectivity index (χ4v) is 3.98. The molecule has 0 saturated heterocycles. The predicted octanol–water partition coefficient (Wildman–Crippen LogP) is 3.20. The molecule has 0 spiro atoms. The summed E-state index contributed by atoms with van der Waals surface area (Å²) in [6.07, 6.45) is 1.44. The van der Waals surface area contributed by atoms with Gasteiger partial charge in [0.25, 0.3) is 5.91 Å². The van der Waals surface area contributed by atoms with Crippen LogP contribution in [-0.2, 0) is 14.6 Å². The summed E-state index contributed by atoms with van der Waals surface area (Å²) in [7, 11) is -3.37. The smallest absolute Gasteiger partial charge is 0.265 e. The first-order valence-corrected chi connectivity index (χ1v) is 9.80. The number of anilines is 1. The second kappa shape index (κ2) is 7.47. The molecule has 0 radical (unpaired) electrons. The lowest BCUT2D eigenvalue weighted by molar-refractivity contribution is -0.120. The second-order valence-electron chi connectivity index (χ2n) is 5.71. The van der Waals surface area contributed by atoms with Crippen LogP contribution >= 0.6 is 11.6 Å². The number of hydrogen-bond acceptors (Lipinski definition) is 4. The van der Waals surface area contributed by atoms with Gasteiger partial charge in [-0.25, -0.2) is 12.8 Å². The Morgan fingerprint density at radius 3 is 2.38 bits per heavy atom. The molecule has 0 aliphatic carbocycles. The Bertz CT molecular complexity index is 927. The molecular weight excluding hydrogens is 381 g/mol. The maximum Gasteiger partial charge on any atom is 0.265 e. The number of halogens is 2. The standard InChI is InChI=1S/C18H15ClFNO4S/c19-13-1-7-17(8-2-13)25-11-18(22)21(15-5-3-14(20)4-6-15)16-9-10-26(23,24)12-16/h1-10,16H,11-12H2. The average molecular weight is 396 g/mol. The molecule has 8 heteroatoms. The van der Waals surface area contributed by atoms with Gasteiger partial charge in [0.15, 0.2) is 16.4 Å². The van der Waals surface area contributed by atoms with Crippen LogP contribution in [0.2, 0.25) is 5.02 Å². The van der Waals surface area contributed by atoms with E-state index >= 15 is 0 Å². The molecule has 2 aromatic carbocycles. The SMILES string of the molecule is O=C(COc1ccc(Cl)cc1)N(c1ccc(F)cc1)C1C=CS(=O)(=O)C1. The maximum absolute atomic E-state index is 13.2. The van der Waals surface area contributed by atoms with E-state index in [9.17, 15) is 17.6 Å². The maximum atomic E-state index is 13.2. The molecule has 5 nitrogen and oxygen atoms in total. The zero-order valence-corrected chi connectivity index (χ0v) is 15.1. The van der Waals surface area contributed by atoms with Crippen LogP contribution in [0, 0.1) is 5.82 Å². The van der Waals surface area contributed by atoms with E-state index in [1.54, 1.807) is 24.3 Å². The predicted molar refractivity (Wildman–Crippen MR) is 97.5 cm³/mol. The van der Waals surface area contributed by atoms with E-state index in [0.717, 1.165) is 5.41 Å². The van der Waals surface area contributed by atoms with Crippen molar-refractivity contribution in [3.63, 3.8) is 0 Å². The van der Waals surface area contributed by atoms with Gasteiger partial charge >= 0.3 is 0 Å². The first kappa shape index (κ1) is 18.4. The van der Waals surface area contributed by atoms with Crippen molar-refractivity contribution in [1.29, 1.82) is 0 Å². The van der Waals surface area contributed by atoms with E-state index < -0.39 is 27.6 Å². The van der Waals surface area contributed by atoms with Crippen molar-refractivity contribution in [2.75, 3.05) is 17.3 Å². The number of nitrogens with zero attached hydrogens (tertiary/aromatic N) is 1. The summed E-state index contributed by atoms with van der Waals surface area (Å²) in [6, 6.07) is 11.1. The molecule has 0 aromatic heterocycles. The monoisotopic (exact) mass is 395 g/mol. The van der Waals surface area contributed by atoms with E-state index in [1.165, 1.54) is 35.2 Å². The van der Waals surface area contributed by atoms with Crippen LogP contribution in [0.3, 0.4) is 0 Å². The summed E-state index contributed by atoms with van der Waals surface area (Å²) in [5.41, 5.74) is 0.392. The van der Waals surface area contributed by atoms with E-state index in [4.69, 9.17) is 16.3 Å². The number of ether oxygens (including phenoxy) is 1. The zero-order chi connectivity index (χ0) is 18.7. The molecular formula is C18H15ClFNO4S. The lowest BCUT2D eigenvalue weighted by Crippen LogP contribution is -2.43. The summed E-state index contributed by atoms with van der Waals surface area (Å²) in [4.78, 5) is 14.0. The van der Waals surface area contributed by atoms with Crippen molar-refractivity contribution in [1.82, 2.24) is 0 Å². The normalized spacial score (nSPS) is 17.8. The minimum atomic E-state index is -3.37. The number of sulfone groups is 1. The zero-order valence-electron chi connectivity index (χ0n) is 13.5. The largest absolute Gasteiger partial charge is 0.484 e. The molecule has 1 atom stereocenters. The third-order valence-electron chi connectivity index (χ3n) is 3.79. The van der Waals surface area contributed by atoms with Crippen molar-refractivity contribution >= 4 is 33.0 Å². The summed E-state index contributed by atoms with van der Waals surface area (Å²) >= 11 is 5.80. The van der Waals surface area contributed by atoms with Crippen molar-refractivity contribution in [2.45, 2.75) is 6.04 Å². The Morgan fingerprint density at radius 1 is 1.15 bits per heavy atom. The number of carbonyl (C=O) groups excluding carboxylic acids is 1. The number of carbonyl (C=O) groups is 1. The molecule has 0 bridgehead atoms. The Labute approximate surface area is 155 Å². The van der Waals surface area contributed by atoms with Crippen molar-refractivity contribution < 1.29 is 22.3 Å². The van der Waals surface area contributed by atoms with Gasteiger partial charge in [0.2, 0.25) is 0 Å². The van der Waals surface area contributed by atoms with Gasteiger partial charge in [-0.15, -0.1) is 0 Å². The molecule has 1 aliphatic heterocycles. The summed E-state index contributed by atoms with van der Waals surface area (Å²) in [6.45, 7) is -0.302. The van der Waals surface area contributed by atoms with Crippen LogP contribution in [0.4, 0.5) is 10.1 Å². The van der Waals surface area contributed by atoms with Gasteiger partial charge in [-0.3, -0.25) is 4.79 Å². The second-order valence-corrected chi connectivity index (χ2v) is 8.08. The topological polar surface area (TPSA) is 63.7 Å².